The normalized spacial score (nSPS) is 16.6. The molecule has 1 amide bonds. The molecule has 2 rings (SSSR count). The molecule has 1 fully saturated rings. The van der Waals surface area contributed by atoms with Crippen LogP contribution in [0.25, 0.3) is 0 Å². The molecule has 92 valence electrons. The van der Waals surface area contributed by atoms with Crippen molar-refractivity contribution in [3.05, 3.63) is 28.2 Å². The van der Waals surface area contributed by atoms with Crippen molar-refractivity contribution in [3.8, 4) is 0 Å². The predicted molar refractivity (Wildman–Crippen MR) is 71.8 cm³/mol. The molecule has 4 nitrogen and oxygen atoms in total. The minimum atomic E-state index is -0.430. The van der Waals surface area contributed by atoms with Crippen LogP contribution in [0.2, 0.25) is 0 Å². The van der Waals surface area contributed by atoms with Gasteiger partial charge >= 0.3 is 0 Å². The Morgan fingerprint density at radius 2 is 2.24 bits per heavy atom. The number of carbonyl (C=O) groups is 1. The molecular weight excluding hydrogens is 282 g/mol. The first-order chi connectivity index (χ1) is 8.11. The first-order valence-electron chi connectivity index (χ1n) is 5.67. The quantitative estimate of drug-likeness (QED) is 0.774. The standard InChI is InChI=1S/C12H16BrN3O/c13-10-5-8(3-4-9(10)12(15)17)16-11(6-14)7-1-2-7/h3-5,7,11,16H,1-2,6,14H2,(H2,15,17). The van der Waals surface area contributed by atoms with Gasteiger partial charge in [0.25, 0.3) is 0 Å². The number of nitrogens with one attached hydrogen (secondary N) is 1. The van der Waals surface area contributed by atoms with Crippen LogP contribution in [-0.2, 0) is 0 Å². The van der Waals surface area contributed by atoms with E-state index in [1.54, 1.807) is 6.07 Å². The lowest BCUT2D eigenvalue weighted by atomic mass is 10.1. The zero-order valence-electron chi connectivity index (χ0n) is 9.45. The van der Waals surface area contributed by atoms with Crippen molar-refractivity contribution in [2.75, 3.05) is 11.9 Å². The molecule has 1 aliphatic rings. The van der Waals surface area contributed by atoms with Gasteiger partial charge in [0, 0.05) is 22.7 Å². The van der Waals surface area contributed by atoms with Crippen molar-refractivity contribution in [3.63, 3.8) is 0 Å². The predicted octanol–water partition coefficient (Wildman–Crippen LogP) is 1.70. The monoisotopic (exact) mass is 297 g/mol. The van der Waals surface area contributed by atoms with Crippen molar-refractivity contribution >= 4 is 27.5 Å². The molecule has 1 aromatic rings. The van der Waals surface area contributed by atoms with E-state index in [0.29, 0.717) is 28.5 Å². The number of carbonyl (C=O) groups excluding carboxylic acids is 1. The molecule has 1 aromatic carbocycles. The SMILES string of the molecule is NCC(Nc1ccc(C(N)=O)c(Br)c1)C1CC1. The molecule has 0 bridgehead atoms. The fraction of sp³-hybridized carbons (Fsp3) is 0.417. The maximum Gasteiger partial charge on any atom is 0.249 e. The Balaban J connectivity index is 2.11. The zero-order valence-corrected chi connectivity index (χ0v) is 11.0. The Morgan fingerprint density at radius 3 is 2.71 bits per heavy atom. The van der Waals surface area contributed by atoms with E-state index < -0.39 is 5.91 Å². The molecule has 0 aromatic heterocycles. The summed E-state index contributed by atoms with van der Waals surface area (Å²) in [5.41, 5.74) is 12.4. The minimum absolute atomic E-state index is 0.321. The summed E-state index contributed by atoms with van der Waals surface area (Å²) in [7, 11) is 0. The van der Waals surface area contributed by atoms with Crippen molar-refractivity contribution in [2.24, 2.45) is 17.4 Å². The van der Waals surface area contributed by atoms with Gasteiger partial charge in [0.05, 0.1) is 5.56 Å². The average molecular weight is 298 g/mol. The van der Waals surface area contributed by atoms with E-state index in [1.165, 1.54) is 12.8 Å². The van der Waals surface area contributed by atoms with Crippen molar-refractivity contribution < 1.29 is 4.79 Å². The largest absolute Gasteiger partial charge is 0.381 e. The number of primary amides is 1. The van der Waals surface area contributed by atoms with Gasteiger partial charge in [-0.05, 0) is 52.9 Å². The van der Waals surface area contributed by atoms with Crippen LogP contribution in [0.3, 0.4) is 0 Å². The Labute approximate surface area is 109 Å². The van der Waals surface area contributed by atoms with Crippen LogP contribution in [0.15, 0.2) is 22.7 Å². The van der Waals surface area contributed by atoms with Crippen LogP contribution in [0.5, 0.6) is 0 Å². The minimum Gasteiger partial charge on any atom is -0.381 e. The van der Waals surface area contributed by atoms with Gasteiger partial charge in [0.2, 0.25) is 5.91 Å². The van der Waals surface area contributed by atoms with Crippen LogP contribution in [0.1, 0.15) is 23.2 Å². The highest BCUT2D eigenvalue weighted by atomic mass is 79.9. The highest BCUT2D eigenvalue weighted by Crippen LogP contribution is 2.34. The summed E-state index contributed by atoms with van der Waals surface area (Å²) < 4.78 is 0.710. The van der Waals surface area contributed by atoms with Crippen LogP contribution in [0, 0.1) is 5.92 Å². The Kier molecular flexibility index (Phi) is 3.69. The molecule has 1 saturated carbocycles. The number of hydrogen-bond donors (Lipinski definition) is 3. The molecular formula is C12H16BrN3O. The fourth-order valence-electron chi connectivity index (χ4n) is 1.89. The van der Waals surface area contributed by atoms with Crippen LogP contribution < -0.4 is 16.8 Å². The molecule has 0 spiro atoms. The second-order valence-corrected chi connectivity index (χ2v) is 5.24. The van der Waals surface area contributed by atoms with Crippen LogP contribution in [0.4, 0.5) is 5.69 Å². The molecule has 1 aliphatic carbocycles. The molecule has 0 saturated heterocycles. The van der Waals surface area contributed by atoms with Gasteiger partial charge in [0.15, 0.2) is 0 Å². The number of benzene rings is 1. The maximum atomic E-state index is 11.1. The van der Waals surface area contributed by atoms with E-state index in [1.807, 2.05) is 12.1 Å². The fourth-order valence-corrected chi connectivity index (χ4v) is 2.46. The highest BCUT2D eigenvalue weighted by Gasteiger charge is 2.30. The number of hydrogen-bond acceptors (Lipinski definition) is 3. The van der Waals surface area contributed by atoms with Gasteiger partial charge in [-0.1, -0.05) is 0 Å². The molecule has 0 aliphatic heterocycles. The molecule has 0 radical (unpaired) electrons. The third-order valence-electron chi connectivity index (χ3n) is 3.03. The number of amides is 1. The third-order valence-corrected chi connectivity index (χ3v) is 3.69. The molecule has 1 atom stereocenters. The van der Waals surface area contributed by atoms with Gasteiger partial charge in [-0.3, -0.25) is 4.79 Å². The van der Waals surface area contributed by atoms with Gasteiger partial charge in [-0.15, -0.1) is 0 Å². The van der Waals surface area contributed by atoms with E-state index in [0.717, 1.165) is 5.69 Å². The first-order valence-corrected chi connectivity index (χ1v) is 6.47. The summed E-state index contributed by atoms with van der Waals surface area (Å²) in [5, 5.41) is 3.39. The summed E-state index contributed by atoms with van der Waals surface area (Å²) in [5.74, 6) is 0.260. The van der Waals surface area contributed by atoms with Gasteiger partial charge in [-0.25, -0.2) is 0 Å². The molecule has 5 N–H and O–H groups in total. The Hall–Kier alpha value is -1.07. The number of rotatable bonds is 5. The molecule has 17 heavy (non-hydrogen) atoms. The van der Waals surface area contributed by atoms with E-state index in [9.17, 15) is 4.79 Å². The van der Waals surface area contributed by atoms with E-state index >= 15 is 0 Å². The number of halogens is 1. The van der Waals surface area contributed by atoms with Crippen molar-refractivity contribution in [1.29, 1.82) is 0 Å². The summed E-state index contributed by atoms with van der Waals surface area (Å²) >= 11 is 3.34. The number of nitrogens with two attached hydrogens (primary N) is 2. The molecule has 1 unspecified atom stereocenters. The van der Waals surface area contributed by atoms with Crippen LogP contribution >= 0.6 is 15.9 Å². The molecule has 5 heteroatoms. The average Bonchev–Trinajstić information content (AvgIpc) is 3.09. The van der Waals surface area contributed by atoms with Gasteiger partial charge in [-0.2, -0.15) is 0 Å². The Morgan fingerprint density at radius 1 is 1.53 bits per heavy atom. The zero-order chi connectivity index (χ0) is 12.4. The lowest BCUT2D eigenvalue weighted by Crippen LogP contribution is -2.30. The van der Waals surface area contributed by atoms with Gasteiger partial charge in [0.1, 0.15) is 0 Å². The summed E-state index contributed by atoms with van der Waals surface area (Å²) in [6, 6.07) is 5.76. The van der Waals surface area contributed by atoms with Gasteiger partial charge < -0.3 is 16.8 Å². The lowest BCUT2D eigenvalue weighted by molar-refractivity contribution is 0.0999. The smallest absolute Gasteiger partial charge is 0.249 e. The van der Waals surface area contributed by atoms with E-state index in [4.69, 9.17) is 11.5 Å². The summed E-state index contributed by atoms with van der Waals surface area (Å²) in [4.78, 5) is 11.1. The summed E-state index contributed by atoms with van der Waals surface area (Å²) in [6.45, 7) is 0.625. The molecule has 0 heterocycles. The third kappa shape index (κ3) is 2.98. The Bertz CT molecular complexity index is 432. The van der Waals surface area contributed by atoms with Crippen molar-refractivity contribution in [1.82, 2.24) is 0 Å². The van der Waals surface area contributed by atoms with Crippen molar-refractivity contribution in [2.45, 2.75) is 18.9 Å². The summed E-state index contributed by atoms with van der Waals surface area (Å²) in [6.07, 6.45) is 2.49. The van der Waals surface area contributed by atoms with Crippen LogP contribution in [-0.4, -0.2) is 18.5 Å². The maximum absolute atomic E-state index is 11.1. The van der Waals surface area contributed by atoms with E-state index in [-0.39, 0.29) is 0 Å². The number of anilines is 1. The van der Waals surface area contributed by atoms with E-state index in [2.05, 4.69) is 21.2 Å². The second kappa shape index (κ2) is 5.06. The first kappa shape index (κ1) is 12.4. The highest BCUT2D eigenvalue weighted by molar-refractivity contribution is 9.10. The topological polar surface area (TPSA) is 81.1 Å². The lowest BCUT2D eigenvalue weighted by Gasteiger charge is -2.18. The second-order valence-electron chi connectivity index (χ2n) is 4.38.